The first-order chi connectivity index (χ1) is 11.0. The van der Waals surface area contributed by atoms with Crippen molar-refractivity contribution in [1.29, 1.82) is 0 Å². The fraction of sp³-hybridized carbons (Fsp3) is 0.167. The molecule has 1 aromatic carbocycles. The van der Waals surface area contributed by atoms with Gasteiger partial charge in [-0.25, -0.2) is 9.69 Å². The van der Waals surface area contributed by atoms with E-state index in [2.05, 4.69) is 4.98 Å². The van der Waals surface area contributed by atoms with Crippen LogP contribution >= 0.6 is 0 Å². The van der Waals surface area contributed by atoms with E-state index in [1.165, 1.54) is 0 Å². The number of ether oxygens (including phenoxy) is 1. The molecule has 1 aliphatic heterocycles. The number of aromatic nitrogens is 1. The minimum Gasteiger partial charge on any atom is -0.436 e. The summed E-state index contributed by atoms with van der Waals surface area (Å²) < 4.78 is 5.36. The second-order valence-corrected chi connectivity index (χ2v) is 5.67. The van der Waals surface area contributed by atoms with Crippen molar-refractivity contribution in [1.82, 2.24) is 9.88 Å². The van der Waals surface area contributed by atoms with E-state index in [1.54, 1.807) is 62.5 Å². The fourth-order valence-corrected chi connectivity index (χ4v) is 2.43. The van der Waals surface area contributed by atoms with Gasteiger partial charge in [0.25, 0.3) is 5.91 Å². The molecule has 5 heteroatoms. The number of nitrogens with zero attached hydrogens (tertiary/aromatic N) is 2. The summed E-state index contributed by atoms with van der Waals surface area (Å²) in [5.74, 6) is -0.414. The highest BCUT2D eigenvalue weighted by Crippen LogP contribution is 2.35. The van der Waals surface area contributed by atoms with Gasteiger partial charge in [-0.15, -0.1) is 0 Å². The molecule has 1 fully saturated rings. The molecule has 2 aromatic rings. The van der Waals surface area contributed by atoms with Crippen LogP contribution in [0, 0.1) is 0 Å². The summed E-state index contributed by atoms with van der Waals surface area (Å²) in [6.07, 6.45) is 2.68. The van der Waals surface area contributed by atoms with E-state index in [-0.39, 0.29) is 0 Å². The van der Waals surface area contributed by atoms with Gasteiger partial charge in [-0.3, -0.25) is 9.78 Å². The number of hydrogen-bond donors (Lipinski definition) is 0. The smallest absolute Gasteiger partial charge is 0.422 e. The number of pyridine rings is 1. The SMILES string of the molecule is CC1(C)OC(=O)N(C(=O)c2ccccc2)/C1=C\c1ccccn1. The molecule has 2 heterocycles. The van der Waals surface area contributed by atoms with E-state index in [0.29, 0.717) is 17.0 Å². The Hall–Kier alpha value is -2.95. The predicted octanol–water partition coefficient (Wildman–Crippen LogP) is 3.49. The van der Waals surface area contributed by atoms with Gasteiger partial charge in [0.1, 0.15) is 5.60 Å². The van der Waals surface area contributed by atoms with Crippen LogP contribution in [0.3, 0.4) is 0 Å². The third-order valence-electron chi connectivity index (χ3n) is 3.58. The average molecular weight is 308 g/mol. The van der Waals surface area contributed by atoms with Crippen molar-refractivity contribution in [3.05, 3.63) is 71.7 Å². The van der Waals surface area contributed by atoms with Gasteiger partial charge in [0.05, 0.1) is 11.4 Å². The lowest BCUT2D eigenvalue weighted by molar-refractivity contribution is 0.0792. The van der Waals surface area contributed by atoms with Crippen LogP contribution < -0.4 is 0 Å². The Labute approximate surface area is 134 Å². The molecule has 1 aromatic heterocycles. The summed E-state index contributed by atoms with van der Waals surface area (Å²) in [5, 5.41) is 0. The van der Waals surface area contributed by atoms with E-state index < -0.39 is 17.6 Å². The van der Waals surface area contributed by atoms with Crippen LogP contribution in [0.2, 0.25) is 0 Å². The minimum absolute atomic E-state index is 0.414. The zero-order valence-corrected chi connectivity index (χ0v) is 12.9. The number of benzene rings is 1. The molecule has 2 amide bonds. The molecular weight excluding hydrogens is 292 g/mol. The largest absolute Gasteiger partial charge is 0.436 e. The highest BCUT2D eigenvalue weighted by atomic mass is 16.6. The quantitative estimate of drug-likeness (QED) is 0.852. The molecular formula is C18H16N2O3. The molecule has 1 saturated heterocycles. The molecule has 0 atom stereocenters. The number of amides is 2. The minimum atomic E-state index is -0.904. The van der Waals surface area contributed by atoms with Gasteiger partial charge in [0.2, 0.25) is 0 Å². The fourth-order valence-electron chi connectivity index (χ4n) is 2.43. The first-order valence-electron chi connectivity index (χ1n) is 7.25. The third kappa shape index (κ3) is 2.85. The zero-order valence-electron chi connectivity index (χ0n) is 12.9. The van der Waals surface area contributed by atoms with Gasteiger partial charge >= 0.3 is 6.09 Å². The number of carbonyl (C=O) groups excluding carboxylic acids is 2. The second kappa shape index (κ2) is 5.68. The Kier molecular flexibility index (Phi) is 3.70. The van der Waals surface area contributed by atoms with E-state index >= 15 is 0 Å². The van der Waals surface area contributed by atoms with Crippen LogP contribution in [-0.2, 0) is 4.74 Å². The average Bonchev–Trinajstić information content (AvgIpc) is 2.77. The maximum absolute atomic E-state index is 12.7. The van der Waals surface area contributed by atoms with E-state index in [4.69, 9.17) is 4.74 Å². The Bertz CT molecular complexity index is 767. The lowest BCUT2D eigenvalue weighted by atomic mass is 10.0. The molecule has 0 unspecified atom stereocenters. The van der Waals surface area contributed by atoms with Crippen molar-refractivity contribution in [2.75, 3.05) is 0 Å². The Morgan fingerprint density at radius 3 is 2.48 bits per heavy atom. The second-order valence-electron chi connectivity index (χ2n) is 5.67. The summed E-state index contributed by atoms with van der Waals surface area (Å²) in [4.78, 5) is 30.2. The zero-order chi connectivity index (χ0) is 16.4. The first kappa shape index (κ1) is 15.0. The Morgan fingerprint density at radius 1 is 1.13 bits per heavy atom. The molecule has 1 aliphatic rings. The number of carbonyl (C=O) groups is 2. The Balaban J connectivity index is 2.05. The molecule has 5 nitrogen and oxygen atoms in total. The van der Waals surface area contributed by atoms with Crippen LogP contribution in [0.15, 0.2) is 60.4 Å². The van der Waals surface area contributed by atoms with Gasteiger partial charge in [0.15, 0.2) is 0 Å². The molecule has 0 saturated carbocycles. The van der Waals surface area contributed by atoms with Crippen molar-refractivity contribution in [3.63, 3.8) is 0 Å². The summed E-state index contributed by atoms with van der Waals surface area (Å²) in [6.45, 7) is 3.50. The van der Waals surface area contributed by atoms with Crippen LogP contribution in [0.1, 0.15) is 29.9 Å². The molecule has 0 spiro atoms. The number of rotatable bonds is 2. The topological polar surface area (TPSA) is 59.5 Å². The van der Waals surface area contributed by atoms with Gasteiger partial charge in [-0.2, -0.15) is 0 Å². The van der Waals surface area contributed by atoms with Crippen molar-refractivity contribution in [3.8, 4) is 0 Å². The lowest BCUT2D eigenvalue weighted by Gasteiger charge is -2.19. The van der Waals surface area contributed by atoms with Gasteiger partial charge in [-0.1, -0.05) is 24.3 Å². The van der Waals surface area contributed by atoms with Crippen LogP contribution in [0.5, 0.6) is 0 Å². The van der Waals surface area contributed by atoms with Gasteiger partial charge in [0, 0.05) is 11.8 Å². The van der Waals surface area contributed by atoms with Crippen LogP contribution in [0.25, 0.3) is 6.08 Å². The van der Waals surface area contributed by atoms with Gasteiger partial charge in [-0.05, 0) is 44.2 Å². The lowest BCUT2D eigenvalue weighted by Crippen LogP contribution is -2.32. The molecule has 0 bridgehead atoms. The molecule has 116 valence electrons. The summed E-state index contributed by atoms with van der Waals surface area (Å²) >= 11 is 0. The summed E-state index contributed by atoms with van der Waals surface area (Å²) in [7, 11) is 0. The highest BCUT2D eigenvalue weighted by molar-refractivity contribution is 6.06. The standard InChI is InChI=1S/C18H16N2O3/c1-18(2)15(12-14-10-6-7-11-19-14)20(17(22)23-18)16(21)13-8-4-3-5-9-13/h3-12H,1-2H3/b15-12-. The van der Waals surface area contributed by atoms with E-state index in [9.17, 15) is 9.59 Å². The molecule has 0 N–H and O–H groups in total. The monoisotopic (exact) mass is 308 g/mol. The molecule has 23 heavy (non-hydrogen) atoms. The van der Waals surface area contributed by atoms with E-state index in [0.717, 1.165) is 4.90 Å². The highest BCUT2D eigenvalue weighted by Gasteiger charge is 2.46. The van der Waals surface area contributed by atoms with Crippen molar-refractivity contribution >= 4 is 18.1 Å². The molecule has 3 rings (SSSR count). The predicted molar refractivity (Wildman–Crippen MR) is 85.4 cm³/mol. The number of cyclic esters (lactones) is 1. The third-order valence-corrected chi connectivity index (χ3v) is 3.58. The maximum atomic E-state index is 12.7. The summed E-state index contributed by atoms with van der Waals surface area (Å²) in [5.41, 5.74) is 0.642. The van der Waals surface area contributed by atoms with Crippen LogP contribution in [0.4, 0.5) is 4.79 Å². The van der Waals surface area contributed by atoms with Gasteiger partial charge < -0.3 is 4.74 Å². The Morgan fingerprint density at radius 2 is 1.83 bits per heavy atom. The normalized spacial score (nSPS) is 18.1. The van der Waals surface area contributed by atoms with E-state index in [1.807, 2.05) is 12.1 Å². The maximum Gasteiger partial charge on any atom is 0.422 e. The van der Waals surface area contributed by atoms with Crippen molar-refractivity contribution in [2.24, 2.45) is 0 Å². The first-order valence-corrected chi connectivity index (χ1v) is 7.25. The molecule has 0 radical (unpaired) electrons. The van der Waals surface area contributed by atoms with Crippen molar-refractivity contribution in [2.45, 2.75) is 19.4 Å². The number of imide groups is 1. The number of hydrogen-bond acceptors (Lipinski definition) is 4. The summed E-state index contributed by atoms with van der Waals surface area (Å²) in [6, 6.07) is 14.1. The molecule has 0 aliphatic carbocycles. The van der Waals surface area contributed by atoms with Crippen LogP contribution in [-0.4, -0.2) is 27.5 Å². The van der Waals surface area contributed by atoms with Crippen molar-refractivity contribution < 1.29 is 14.3 Å².